The van der Waals surface area contributed by atoms with Crippen molar-refractivity contribution in [2.75, 3.05) is 26.2 Å². The molecule has 3 rings (SSSR count). The quantitative estimate of drug-likeness (QED) is 0.868. The fourth-order valence-corrected chi connectivity index (χ4v) is 3.35. The molecule has 0 unspecified atom stereocenters. The number of urea groups is 1. The molecule has 1 fully saturated rings. The summed E-state index contributed by atoms with van der Waals surface area (Å²) in [4.78, 5) is 14.0. The molecular weight excluding hydrogens is 276 g/mol. The highest BCUT2D eigenvalue weighted by molar-refractivity contribution is 5.74. The summed E-state index contributed by atoms with van der Waals surface area (Å²) >= 11 is 0. The largest absolute Gasteiger partial charge is 0.492 e. The Balaban J connectivity index is 1.39. The zero-order chi connectivity index (χ0) is 15.2. The molecular formula is C18H26N2O2. The smallest absolute Gasteiger partial charge is 0.317 e. The van der Waals surface area contributed by atoms with E-state index in [1.54, 1.807) is 0 Å². The van der Waals surface area contributed by atoms with E-state index in [2.05, 4.69) is 17.4 Å². The van der Waals surface area contributed by atoms with E-state index < -0.39 is 0 Å². The predicted molar refractivity (Wildman–Crippen MR) is 87.4 cm³/mol. The first-order valence-electron chi connectivity index (χ1n) is 8.60. The van der Waals surface area contributed by atoms with Crippen molar-refractivity contribution in [3.8, 4) is 5.75 Å². The van der Waals surface area contributed by atoms with Gasteiger partial charge >= 0.3 is 6.03 Å². The van der Waals surface area contributed by atoms with Gasteiger partial charge in [0.25, 0.3) is 0 Å². The average Bonchev–Trinajstić information content (AvgIpc) is 2.82. The van der Waals surface area contributed by atoms with Gasteiger partial charge in [-0.05, 0) is 55.4 Å². The average molecular weight is 302 g/mol. The summed E-state index contributed by atoms with van der Waals surface area (Å²) in [6, 6.07) is 6.42. The Labute approximate surface area is 132 Å². The van der Waals surface area contributed by atoms with Gasteiger partial charge in [-0.1, -0.05) is 18.9 Å². The monoisotopic (exact) mass is 302 g/mol. The fourth-order valence-electron chi connectivity index (χ4n) is 3.35. The number of carbonyl (C=O) groups excluding carboxylic acids is 1. The SMILES string of the molecule is O=C(NCCOc1ccc2c(c1)CCC2)N1CCCCCC1. The molecule has 1 aromatic carbocycles. The lowest BCUT2D eigenvalue weighted by Gasteiger charge is -2.20. The zero-order valence-electron chi connectivity index (χ0n) is 13.3. The van der Waals surface area contributed by atoms with E-state index >= 15 is 0 Å². The van der Waals surface area contributed by atoms with Crippen LogP contribution in [0.2, 0.25) is 0 Å². The molecule has 1 saturated heterocycles. The Kier molecular flexibility index (Phi) is 5.20. The van der Waals surface area contributed by atoms with Crippen LogP contribution in [0.1, 0.15) is 43.2 Å². The van der Waals surface area contributed by atoms with Crippen LogP contribution >= 0.6 is 0 Å². The van der Waals surface area contributed by atoms with Gasteiger partial charge in [-0.3, -0.25) is 0 Å². The van der Waals surface area contributed by atoms with Gasteiger partial charge in [-0.15, -0.1) is 0 Å². The number of amides is 2. The number of aryl methyl sites for hydroxylation is 2. The van der Waals surface area contributed by atoms with Gasteiger partial charge in [0.2, 0.25) is 0 Å². The van der Waals surface area contributed by atoms with Crippen molar-refractivity contribution in [1.82, 2.24) is 10.2 Å². The maximum Gasteiger partial charge on any atom is 0.317 e. The highest BCUT2D eigenvalue weighted by atomic mass is 16.5. The molecule has 4 heteroatoms. The molecule has 1 aliphatic heterocycles. The van der Waals surface area contributed by atoms with Crippen LogP contribution < -0.4 is 10.1 Å². The second kappa shape index (κ2) is 7.52. The van der Waals surface area contributed by atoms with E-state index in [4.69, 9.17) is 4.74 Å². The Hall–Kier alpha value is -1.71. The Morgan fingerprint density at radius 1 is 1.05 bits per heavy atom. The van der Waals surface area contributed by atoms with Crippen molar-refractivity contribution in [2.24, 2.45) is 0 Å². The van der Waals surface area contributed by atoms with Crippen LogP contribution in [0.3, 0.4) is 0 Å². The molecule has 4 nitrogen and oxygen atoms in total. The van der Waals surface area contributed by atoms with E-state index in [9.17, 15) is 4.79 Å². The standard InChI is InChI=1S/C18H26N2O2/c21-18(20-11-3-1-2-4-12-20)19-10-13-22-17-9-8-15-6-5-7-16(15)14-17/h8-9,14H,1-7,10-13H2,(H,19,21). The lowest BCUT2D eigenvalue weighted by Crippen LogP contribution is -2.41. The van der Waals surface area contributed by atoms with Gasteiger partial charge in [-0.25, -0.2) is 4.79 Å². The molecule has 1 heterocycles. The Morgan fingerprint density at radius 3 is 2.64 bits per heavy atom. The van der Waals surface area contributed by atoms with Gasteiger partial charge in [0.1, 0.15) is 12.4 Å². The van der Waals surface area contributed by atoms with Crippen LogP contribution in [0.15, 0.2) is 18.2 Å². The summed E-state index contributed by atoms with van der Waals surface area (Å²) in [5.41, 5.74) is 2.88. The minimum Gasteiger partial charge on any atom is -0.492 e. The zero-order valence-corrected chi connectivity index (χ0v) is 13.3. The maximum absolute atomic E-state index is 12.1. The second-order valence-corrected chi connectivity index (χ2v) is 6.27. The fraction of sp³-hybridized carbons (Fsp3) is 0.611. The molecule has 1 aliphatic carbocycles. The lowest BCUT2D eigenvalue weighted by atomic mass is 10.1. The first-order valence-corrected chi connectivity index (χ1v) is 8.60. The second-order valence-electron chi connectivity index (χ2n) is 6.27. The van der Waals surface area contributed by atoms with Gasteiger partial charge in [0.15, 0.2) is 0 Å². The van der Waals surface area contributed by atoms with Crippen LogP contribution in [0, 0.1) is 0 Å². The summed E-state index contributed by atoms with van der Waals surface area (Å²) in [6.07, 6.45) is 8.35. The van der Waals surface area contributed by atoms with E-state index in [1.165, 1.54) is 36.8 Å². The highest BCUT2D eigenvalue weighted by Gasteiger charge is 2.15. The first kappa shape index (κ1) is 15.2. The number of hydrogen-bond donors (Lipinski definition) is 1. The molecule has 0 bridgehead atoms. The topological polar surface area (TPSA) is 41.6 Å². The molecule has 0 radical (unpaired) electrons. The third-order valence-electron chi connectivity index (χ3n) is 4.61. The predicted octanol–water partition coefficient (Wildman–Crippen LogP) is 3.14. The summed E-state index contributed by atoms with van der Waals surface area (Å²) in [5.74, 6) is 0.921. The van der Waals surface area contributed by atoms with Crippen LogP contribution in [-0.2, 0) is 12.8 Å². The van der Waals surface area contributed by atoms with E-state index in [0.717, 1.165) is 38.1 Å². The number of nitrogens with one attached hydrogen (secondary N) is 1. The van der Waals surface area contributed by atoms with Crippen molar-refractivity contribution in [3.63, 3.8) is 0 Å². The number of benzene rings is 1. The normalized spacial score (nSPS) is 17.7. The summed E-state index contributed by atoms with van der Waals surface area (Å²) in [6.45, 7) is 2.86. The molecule has 120 valence electrons. The number of rotatable bonds is 4. The van der Waals surface area contributed by atoms with Crippen molar-refractivity contribution in [2.45, 2.75) is 44.9 Å². The molecule has 0 atom stereocenters. The third-order valence-corrected chi connectivity index (χ3v) is 4.61. The van der Waals surface area contributed by atoms with Gasteiger partial charge in [-0.2, -0.15) is 0 Å². The van der Waals surface area contributed by atoms with Gasteiger partial charge < -0.3 is 15.0 Å². The molecule has 0 spiro atoms. The Morgan fingerprint density at radius 2 is 1.82 bits per heavy atom. The summed E-state index contributed by atoms with van der Waals surface area (Å²) in [5, 5.41) is 2.96. The maximum atomic E-state index is 12.1. The van der Waals surface area contributed by atoms with Crippen LogP contribution in [0.5, 0.6) is 5.75 Å². The van der Waals surface area contributed by atoms with Crippen molar-refractivity contribution in [3.05, 3.63) is 29.3 Å². The molecule has 0 saturated carbocycles. The van der Waals surface area contributed by atoms with Gasteiger partial charge in [0.05, 0.1) is 6.54 Å². The Bertz CT molecular complexity index is 508. The number of likely N-dealkylation sites (tertiary alicyclic amines) is 1. The molecule has 0 aromatic heterocycles. The summed E-state index contributed by atoms with van der Waals surface area (Å²) < 4.78 is 5.76. The highest BCUT2D eigenvalue weighted by Crippen LogP contribution is 2.25. The number of ether oxygens (including phenoxy) is 1. The van der Waals surface area contributed by atoms with E-state index in [0.29, 0.717) is 13.2 Å². The minimum atomic E-state index is 0.0550. The number of fused-ring (bicyclic) bond motifs is 1. The van der Waals surface area contributed by atoms with Crippen LogP contribution in [-0.4, -0.2) is 37.2 Å². The van der Waals surface area contributed by atoms with E-state index in [-0.39, 0.29) is 6.03 Å². The van der Waals surface area contributed by atoms with Crippen molar-refractivity contribution in [1.29, 1.82) is 0 Å². The van der Waals surface area contributed by atoms with E-state index in [1.807, 2.05) is 11.0 Å². The number of nitrogens with zero attached hydrogens (tertiary/aromatic N) is 1. The van der Waals surface area contributed by atoms with Crippen molar-refractivity contribution >= 4 is 6.03 Å². The molecule has 2 amide bonds. The molecule has 22 heavy (non-hydrogen) atoms. The molecule has 2 aliphatic rings. The summed E-state index contributed by atoms with van der Waals surface area (Å²) in [7, 11) is 0. The van der Waals surface area contributed by atoms with Crippen LogP contribution in [0.4, 0.5) is 4.79 Å². The van der Waals surface area contributed by atoms with Crippen LogP contribution in [0.25, 0.3) is 0 Å². The number of hydrogen-bond acceptors (Lipinski definition) is 2. The minimum absolute atomic E-state index is 0.0550. The van der Waals surface area contributed by atoms with Gasteiger partial charge in [0, 0.05) is 13.1 Å². The third kappa shape index (κ3) is 3.93. The number of carbonyl (C=O) groups is 1. The van der Waals surface area contributed by atoms with Crippen molar-refractivity contribution < 1.29 is 9.53 Å². The first-order chi connectivity index (χ1) is 10.8. The molecule has 1 aromatic rings. The lowest BCUT2D eigenvalue weighted by molar-refractivity contribution is 0.196. The molecule has 1 N–H and O–H groups in total.